The number of phosphoric acid groups is 1. The standard InChI is InChI=1S/C42H80NO8P/c1-3-5-7-9-11-13-15-17-18-19-20-21-23-24-26-28-30-32-34-41(44)48-38-40(39-50-52(46,47)49-37-36-43)51-42(45)35-33-31-29-27-25-22-16-14-12-10-8-6-4-2/h22,25,29,31,40H,3-21,23-24,26-28,30,32-39,43H2,1-2H3,(H,46,47)/b25-22+,31-29+. The topological polar surface area (TPSA) is 134 Å². The smallest absolute Gasteiger partial charge is 0.462 e. The lowest BCUT2D eigenvalue weighted by atomic mass is 10.0. The van der Waals surface area contributed by atoms with Crippen LogP contribution < -0.4 is 5.73 Å². The molecule has 0 aromatic carbocycles. The van der Waals surface area contributed by atoms with Gasteiger partial charge in [0.25, 0.3) is 0 Å². The molecule has 2 atom stereocenters. The minimum Gasteiger partial charge on any atom is -0.462 e. The number of esters is 2. The predicted octanol–water partition coefficient (Wildman–Crippen LogP) is 12.0. The monoisotopic (exact) mass is 758 g/mol. The van der Waals surface area contributed by atoms with E-state index in [2.05, 4.69) is 26.0 Å². The number of carbonyl (C=O) groups excluding carboxylic acids is 2. The molecule has 0 aliphatic heterocycles. The van der Waals surface area contributed by atoms with Gasteiger partial charge in [-0.3, -0.25) is 18.6 Å². The molecule has 0 amide bonds. The van der Waals surface area contributed by atoms with E-state index < -0.39 is 32.5 Å². The molecule has 0 aliphatic carbocycles. The molecular formula is C42H80NO8P. The van der Waals surface area contributed by atoms with Crippen LogP contribution in [0.1, 0.15) is 200 Å². The molecule has 0 bridgehead atoms. The summed E-state index contributed by atoms with van der Waals surface area (Å²) in [7, 11) is -4.38. The van der Waals surface area contributed by atoms with E-state index in [4.69, 9.17) is 24.3 Å². The molecule has 0 aromatic heterocycles. The van der Waals surface area contributed by atoms with Crippen LogP contribution in [0.15, 0.2) is 24.3 Å². The van der Waals surface area contributed by atoms with Gasteiger partial charge in [-0.05, 0) is 32.1 Å². The van der Waals surface area contributed by atoms with Gasteiger partial charge in [0.15, 0.2) is 6.10 Å². The van der Waals surface area contributed by atoms with E-state index in [1.807, 2.05) is 12.2 Å². The van der Waals surface area contributed by atoms with Crippen molar-refractivity contribution in [1.29, 1.82) is 0 Å². The molecule has 0 rings (SSSR count). The molecule has 0 saturated carbocycles. The molecule has 0 fully saturated rings. The summed E-state index contributed by atoms with van der Waals surface area (Å²) in [5.41, 5.74) is 5.34. The van der Waals surface area contributed by atoms with Gasteiger partial charge in [-0.25, -0.2) is 4.57 Å². The number of nitrogens with two attached hydrogens (primary N) is 1. The fourth-order valence-corrected chi connectivity index (χ4v) is 6.69. The van der Waals surface area contributed by atoms with Crippen LogP contribution in [0.2, 0.25) is 0 Å². The lowest BCUT2D eigenvalue weighted by Crippen LogP contribution is -2.29. The Labute approximate surface area is 319 Å². The number of carbonyl (C=O) groups is 2. The van der Waals surface area contributed by atoms with E-state index >= 15 is 0 Å². The lowest BCUT2D eigenvalue weighted by Gasteiger charge is -2.19. The van der Waals surface area contributed by atoms with Crippen LogP contribution >= 0.6 is 7.82 Å². The number of allylic oxidation sites excluding steroid dienone is 4. The summed E-state index contributed by atoms with van der Waals surface area (Å²) in [6.45, 7) is 3.67. The lowest BCUT2D eigenvalue weighted by molar-refractivity contribution is -0.161. The Bertz CT molecular complexity index is 912. The quantitative estimate of drug-likeness (QED) is 0.0271. The van der Waals surface area contributed by atoms with Gasteiger partial charge in [0.2, 0.25) is 0 Å². The van der Waals surface area contributed by atoms with Gasteiger partial charge in [-0.2, -0.15) is 0 Å². The van der Waals surface area contributed by atoms with E-state index in [0.29, 0.717) is 6.42 Å². The summed E-state index contributed by atoms with van der Waals surface area (Å²) in [6, 6.07) is 0. The number of phosphoric ester groups is 1. The second-order valence-corrected chi connectivity index (χ2v) is 15.7. The summed E-state index contributed by atoms with van der Waals surface area (Å²) in [6.07, 6.45) is 40.8. The predicted molar refractivity (Wildman–Crippen MR) is 215 cm³/mol. The van der Waals surface area contributed by atoms with Crippen LogP contribution in [0.25, 0.3) is 0 Å². The Balaban J connectivity index is 4.16. The van der Waals surface area contributed by atoms with Crippen molar-refractivity contribution in [3.05, 3.63) is 24.3 Å². The zero-order valence-electron chi connectivity index (χ0n) is 33.6. The van der Waals surface area contributed by atoms with Crippen molar-refractivity contribution in [3.8, 4) is 0 Å². The normalized spacial score (nSPS) is 13.5. The van der Waals surface area contributed by atoms with Gasteiger partial charge in [0.05, 0.1) is 13.2 Å². The van der Waals surface area contributed by atoms with E-state index in [1.165, 1.54) is 135 Å². The SMILES string of the molecule is CCCCCCCC/C=C/C/C=C/CCC(=O)OC(COC(=O)CCCCCCCCCCCCCCCCCCCC)COP(=O)(O)OCCN. The van der Waals surface area contributed by atoms with Crippen LogP contribution in [0.3, 0.4) is 0 Å². The zero-order valence-corrected chi connectivity index (χ0v) is 34.4. The number of hydrogen-bond acceptors (Lipinski definition) is 8. The van der Waals surface area contributed by atoms with Crippen molar-refractivity contribution in [2.24, 2.45) is 5.73 Å². The molecule has 306 valence electrons. The third kappa shape index (κ3) is 38.2. The van der Waals surface area contributed by atoms with Gasteiger partial charge in [-0.15, -0.1) is 0 Å². The highest BCUT2D eigenvalue weighted by Gasteiger charge is 2.25. The maximum Gasteiger partial charge on any atom is 0.472 e. The first-order chi connectivity index (χ1) is 25.3. The molecule has 0 aromatic rings. The first-order valence-corrected chi connectivity index (χ1v) is 22.8. The van der Waals surface area contributed by atoms with Crippen LogP contribution in [-0.4, -0.2) is 49.3 Å². The maximum atomic E-state index is 12.5. The average Bonchev–Trinajstić information content (AvgIpc) is 3.13. The maximum absolute atomic E-state index is 12.5. The molecule has 3 N–H and O–H groups in total. The minimum absolute atomic E-state index is 0.0474. The van der Waals surface area contributed by atoms with Gasteiger partial charge in [0.1, 0.15) is 6.61 Å². The van der Waals surface area contributed by atoms with Crippen molar-refractivity contribution in [2.45, 2.75) is 206 Å². The van der Waals surface area contributed by atoms with Crippen LogP contribution in [0.5, 0.6) is 0 Å². The molecule has 52 heavy (non-hydrogen) atoms. The van der Waals surface area contributed by atoms with E-state index in [1.54, 1.807) is 0 Å². The Morgan fingerprint density at radius 3 is 1.54 bits per heavy atom. The molecule has 0 saturated heterocycles. The molecule has 10 heteroatoms. The summed E-state index contributed by atoms with van der Waals surface area (Å²) in [4.78, 5) is 34.8. The highest BCUT2D eigenvalue weighted by Crippen LogP contribution is 2.43. The molecule has 0 aliphatic rings. The third-order valence-electron chi connectivity index (χ3n) is 9.10. The number of ether oxygens (including phenoxy) is 2. The Morgan fingerprint density at radius 2 is 1.04 bits per heavy atom. The van der Waals surface area contributed by atoms with Crippen molar-refractivity contribution in [3.63, 3.8) is 0 Å². The number of unbranched alkanes of at least 4 members (excludes halogenated alkanes) is 23. The Hall–Kier alpha value is -1.51. The van der Waals surface area contributed by atoms with Crippen LogP contribution in [0, 0.1) is 0 Å². The Kier molecular flexibility index (Phi) is 38.1. The number of rotatable bonds is 40. The Morgan fingerprint density at radius 1 is 0.577 bits per heavy atom. The highest BCUT2D eigenvalue weighted by atomic mass is 31.2. The van der Waals surface area contributed by atoms with Gasteiger partial charge in [-0.1, -0.05) is 179 Å². The highest BCUT2D eigenvalue weighted by molar-refractivity contribution is 7.47. The van der Waals surface area contributed by atoms with Crippen molar-refractivity contribution in [1.82, 2.24) is 0 Å². The molecule has 0 spiro atoms. The minimum atomic E-state index is -4.38. The molecule has 9 nitrogen and oxygen atoms in total. The largest absolute Gasteiger partial charge is 0.472 e. The molecular weight excluding hydrogens is 677 g/mol. The van der Waals surface area contributed by atoms with E-state index in [0.717, 1.165) is 32.1 Å². The second-order valence-electron chi connectivity index (χ2n) is 14.2. The second kappa shape index (κ2) is 39.2. The van der Waals surface area contributed by atoms with Gasteiger partial charge < -0.3 is 20.1 Å². The van der Waals surface area contributed by atoms with Crippen LogP contribution in [-0.2, 0) is 32.7 Å². The molecule has 2 unspecified atom stereocenters. The van der Waals surface area contributed by atoms with E-state index in [-0.39, 0.29) is 32.6 Å². The summed E-state index contributed by atoms with van der Waals surface area (Å²) in [5, 5.41) is 0. The average molecular weight is 758 g/mol. The van der Waals surface area contributed by atoms with Gasteiger partial charge in [0, 0.05) is 19.4 Å². The van der Waals surface area contributed by atoms with E-state index in [9.17, 15) is 19.0 Å². The zero-order chi connectivity index (χ0) is 38.2. The first kappa shape index (κ1) is 50.5. The van der Waals surface area contributed by atoms with Gasteiger partial charge >= 0.3 is 19.8 Å². The fraction of sp³-hybridized carbons (Fsp3) is 0.857. The summed E-state index contributed by atoms with van der Waals surface area (Å²) < 4.78 is 32.7. The molecule has 0 heterocycles. The summed E-state index contributed by atoms with van der Waals surface area (Å²) in [5.74, 6) is -0.899. The van der Waals surface area contributed by atoms with Crippen LogP contribution in [0.4, 0.5) is 0 Å². The number of hydrogen-bond donors (Lipinski definition) is 2. The first-order valence-electron chi connectivity index (χ1n) is 21.3. The van der Waals surface area contributed by atoms with Crippen molar-refractivity contribution >= 4 is 19.8 Å². The van der Waals surface area contributed by atoms with Crippen molar-refractivity contribution in [2.75, 3.05) is 26.4 Å². The van der Waals surface area contributed by atoms with Crippen molar-refractivity contribution < 1.29 is 37.6 Å². The fourth-order valence-electron chi connectivity index (χ4n) is 5.92. The third-order valence-corrected chi connectivity index (χ3v) is 10.1. The summed E-state index contributed by atoms with van der Waals surface area (Å²) >= 11 is 0. The molecule has 0 radical (unpaired) electrons.